The van der Waals surface area contributed by atoms with E-state index in [1.54, 1.807) is 7.05 Å². The largest absolute Gasteiger partial charge is 0.378 e. The second-order valence-corrected chi connectivity index (χ2v) is 7.69. The second-order valence-electron chi connectivity index (χ2n) is 5.17. The summed E-state index contributed by atoms with van der Waals surface area (Å²) in [5.74, 6) is -0.0525. The molecule has 0 radical (unpaired) electrons. The molecule has 0 aliphatic heterocycles. The van der Waals surface area contributed by atoms with E-state index in [1.807, 2.05) is 35.6 Å². The Morgan fingerprint density at radius 3 is 2.81 bits per heavy atom. The molecule has 0 spiro atoms. The van der Waals surface area contributed by atoms with Crippen LogP contribution in [0.1, 0.15) is 39.7 Å². The minimum Gasteiger partial charge on any atom is -0.378 e. The van der Waals surface area contributed by atoms with E-state index in [0.717, 1.165) is 12.1 Å². The zero-order valence-corrected chi connectivity index (χ0v) is 14.2. The molecule has 1 heterocycles. The minimum atomic E-state index is -0.0525. The zero-order chi connectivity index (χ0) is 14.8. The van der Waals surface area contributed by atoms with Gasteiger partial charge in [-0.25, -0.2) is 0 Å². The molecule has 2 N–H and O–H groups in total. The van der Waals surface area contributed by atoms with Gasteiger partial charge in [-0.1, -0.05) is 0 Å². The Balaban J connectivity index is 1.77. The van der Waals surface area contributed by atoms with E-state index in [9.17, 15) is 4.79 Å². The first-order chi connectivity index (χ1) is 10.2. The molecule has 5 heteroatoms. The summed E-state index contributed by atoms with van der Waals surface area (Å²) < 4.78 is 1.20. The van der Waals surface area contributed by atoms with E-state index in [4.69, 9.17) is 0 Å². The predicted molar refractivity (Wildman–Crippen MR) is 91.2 cm³/mol. The normalized spacial score (nSPS) is 17.1. The molecule has 1 unspecified atom stereocenters. The lowest BCUT2D eigenvalue weighted by Crippen LogP contribution is -2.18. The fourth-order valence-corrected chi connectivity index (χ4v) is 4.55. The summed E-state index contributed by atoms with van der Waals surface area (Å²) in [7, 11) is 1.65. The van der Waals surface area contributed by atoms with Crippen molar-refractivity contribution in [3.63, 3.8) is 0 Å². The monoisotopic (exact) mass is 364 g/mol. The van der Waals surface area contributed by atoms with Crippen molar-refractivity contribution in [2.24, 2.45) is 0 Å². The van der Waals surface area contributed by atoms with Gasteiger partial charge in [0.05, 0.1) is 9.83 Å². The molecule has 2 aromatic rings. The summed E-state index contributed by atoms with van der Waals surface area (Å²) in [5.41, 5.74) is 3.15. The SMILES string of the molecule is CNC(=O)c1ccc(NC2CCCc3sc(Br)cc32)cc1. The number of nitrogens with one attached hydrogen (secondary N) is 2. The number of rotatable bonds is 3. The van der Waals surface area contributed by atoms with Gasteiger partial charge in [-0.2, -0.15) is 0 Å². The Kier molecular flexibility index (Phi) is 4.31. The second kappa shape index (κ2) is 6.20. The van der Waals surface area contributed by atoms with Crippen LogP contribution in [0.25, 0.3) is 0 Å². The number of halogens is 1. The van der Waals surface area contributed by atoms with Crippen molar-refractivity contribution in [2.45, 2.75) is 25.3 Å². The van der Waals surface area contributed by atoms with Gasteiger partial charge in [0.1, 0.15) is 0 Å². The van der Waals surface area contributed by atoms with Crippen LogP contribution in [0.4, 0.5) is 5.69 Å². The smallest absolute Gasteiger partial charge is 0.251 e. The average Bonchev–Trinajstić information content (AvgIpc) is 2.88. The zero-order valence-electron chi connectivity index (χ0n) is 11.8. The molecule has 1 amide bonds. The van der Waals surface area contributed by atoms with Crippen molar-refractivity contribution in [1.29, 1.82) is 0 Å². The van der Waals surface area contributed by atoms with Crippen LogP contribution in [-0.4, -0.2) is 13.0 Å². The highest BCUT2D eigenvalue weighted by Crippen LogP contribution is 2.39. The maximum absolute atomic E-state index is 11.5. The van der Waals surface area contributed by atoms with Crippen LogP contribution >= 0.6 is 27.3 Å². The Bertz CT molecular complexity index is 651. The summed E-state index contributed by atoms with van der Waals surface area (Å²) in [6.07, 6.45) is 3.54. The van der Waals surface area contributed by atoms with Crippen molar-refractivity contribution in [2.75, 3.05) is 12.4 Å². The first-order valence-electron chi connectivity index (χ1n) is 7.04. The number of thiophene rings is 1. The number of carbonyl (C=O) groups excluding carboxylic acids is 1. The summed E-state index contributed by atoms with van der Waals surface area (Å²) in [4.78, 5) is 13.0. The van der Waals surface area contributed by atoms with Crippen molar-refractivity contribution in [3.05, 3.63) is 50.1 Å². The molecule has 110 valence electrons. The van der Waals surface area contributed by atoms with Crippen LogP contribution in [0.15, 0.2) is 34.1 Å². The number of amides is 1. The number of hydrogen-bond donors (Lipinski definition) is 2. The first-order valence-corrected chi connectivity index (χ1v) is 8.65. The molecule has 1 atom stereocenters. The Hall–Kier alpha value is -1.33. The molecule has 1 aromatic heterocycles. The van der Waals surface area contributed by atoms with E-state index in [1.165, 1.54) is 27.1 Å². The number of fused-ring (bicyclic) bond motifs is 1. The van der Waals surface area contributed by atoms with Crippen LogP contribution in [0.3, 0.4) is 0 Å². The van der Waals surface area contributed by atoms with Gasteiger partial charge >= 0.3 is 0 Å². The first kappa shape index (κ1) is 14.6. The topological polar surface area (TPSA) is 41.1 Å². The molecule has 0 saturated heterocycles. The summed E-state index contributed by atoms with van der Waals surface area (Å²) in [6.45, 7) is 0. The van der Waals surface area contributed by atoms with E-state index in [0.29, 0.717) is 11.6 Å². The van der Waals surface area contributed by atoms with Gasteiger partial charge < -0.3 is 10.6 Å². The van der Waals surface area contributed by atoms with Crippen LogP contribution in [-0.2, 0) is 6.42 Å². The van der Waals surface area contributed by atoms with E-state index in [-0.39, 0.29) is 5.91 Å². The standard InChI is InChI=1S/C16H17BrN2OS/c1-18-16(20)10-5-7-11(8-6-10)19-13-3-2-4-14-12(13)9-15(17)21-14/h5-9,13,19H,2-4H2,1H3,(H,18,20). The maximum atomic E-state index is 11.5. The molecule has 0 bridgehead atoms. The number of aryl methyl sites for hydroxylation is 1. The summed E-state index contributed by atoms with van der Waals surface area (Å²) >= 11 is 5.42. The van der Waals surface area contributed by atoms with Crippen molar-refractivity contribution in [1.82, 2.24) is 5.32 Å². The minimum absolute atomic E-state index is 0.0525. The third-order valence-electron chi connectivity index (χ3n) is 3.80. The highest BCUT2D eigenvalue weighted by Gasteiger charge is 2.22. The van der Waals surface area contributed by atoms with E-state index >= 15 is 0 Å². The fraction of sp³-hybridized carbons (Fsp3) is 0.312. The number of benzene rings is 1. The molecule has 3 nitrogen and oxygen atoms in total. The lowest BCUT2D eigenvalue weighted by Gasteiger charge is -2.24. The predicted octanol–water partition coefficient (Wildman–Crippen LogP) is 4.36. The molecule has 21 heavy (non-hydrogen) atoms. The number of anilines is 1. The molecule has 1 aromatic carbocycles. The molecule has 0 fully saturated rings. The Morgan fingerprint density at radius 2 is 2.10 bits per heavy atom. The lowest BCUT2D eigenvalue weighted by atomic mass is 9.94. The van der Waals surface area contributed by atoms with Gasteiger partial charge in [-0.3, -0.25) is 4.79 Å². The lowest BCUT2D eigenvalue weighted by molar-refractivity contribution is 0.0963. The van der Waals surface area contributed by atoms with E-state index < -0.39 is 0 Å². The maximum Gasteiger partial charge on any atom is 0.251 e. The van der Waals surface area contributed by atoms with Crippen molar-refractivity contribution < 1.29 is 4.79 Å². The highest BCUT2D eigenvalue weighted by molar-refractivity contribution is 9.11. The average molecular weight is 365 g/mol. The van der Waals surface area contributed by atoms with Gasteiger partial charge in [0.25, 0.3) is 5.91 Å². The molecule has 1 aliphatic carbocycles. The molecule has 3 rings (SSSR count). The molecule has 0 saturated carbocycles. The fourth-order valence-electron chi connectivity index (χ4n) is 2.73. The Morgan fingerprint density at radius 1 is 1.33 bits per heavy atom. The van der Waals surface area contributed by atoms with Crippen LogP contribution in [0.5, 0.6) is 0 Å². The van der Waals surface area contributed by atoms with Gasteiger partial charge in [0.2, 0.25) is 0 Å². The van der Waals surface area contributed by atoms with Crippen LogP contribution in [0, 0.1) is 0 Å². The quantitative estimate of drug-likeness (QED) is 0.849. The molecular weight excluding hydrogens is 348 g/mol. The van der Waals surface area contributed by atoms with Gasteiger partial charge in [0, 0.05) is 23.2 Å². The van der Waals surface area contributed by atoms with Crippen molar-refractivity contribution in [3.8, 4) is 0 Å². The van der Waals surface area contributed by atoms with Crippen LogP contribution in [0.2, 0.25) is 0 Å². The molecular formula is C16H17BrN2OS. The highest BCUT2D eigenvalue weighted by atomic mass is 79.9. The third kappa shape index (κ3) is 3.14. The molecule has 1 aliphatic rings. The third-order valence-corrected chi connectivity index (χ3v) is 5.51. The summed E-state index contributed by atoms with van der Waals surface area (Å²) in [6, 6.07) is 10.3. The van der Waals surface area contributed by atoms with Gasteiger partial charge in [-0.15, -0.1) is 11.3 Å². The van der Waals surface area contributed by atoms with Crippen molar-refractivity contribution >= 4 is 38.9 Å². The van der Waals surface area contributed by atoms with Gasteiger partial charge in [-0.05, 0) is 71.1 Å². The Labute approximate surface area is 136 Å². The number of hydrogen-bond acceptors (Lipinski definition) is 3. The summed E-state index contributed by atoms with van der Waals surface area (Å²) in [5, 5.41) is 6.22. The van der Waals surface area contributed by atoms with Crippen LogP contribution < -0.4 is 10.6 Å². The van der Waals surface area contributed by atoms with Gasteiger partial charge in [0.15, 0.2) is 0 Å². The van der Waals surface area contributed by atoms with E-state index in [2.05, 4.69) is 32.6 Å². The number of carbonyl (C=O) groups is 1.